The first-order valence-corrected chi connectivity index (χ1v) is 5.18. The summed E-state index contributed by atoms with van der Waals surface area (Å²) >= 11 is 0. The molecule has 1 atom stereocenters. The SMILES string of the molecule is COc1cc(C(N)CC(C)C)nc(C)n1. The lowest BCUT2D eigenvalue weighted by atomic mass is 10.0. The first kappa shape index (κ1) is 11.9. The third kappa shape index (κ3) is 3.47. The fraction of sp³-hybridized carbons (Fsp3) is 0.636. The predicted octanol–water partition coefficient (Wildman–Crippen LogP) is 1.84. The minimum absolute atomic E-state index is 0.0411. The molecule has 1 unspecified atom stereocenters. The first-order chi connectivity index (χ1) is 7.02. The van der Waals surface area contributed by atoms with Gasteiger partial charge in [-0.25, -0.2) is 4.98 Å². The van der Waals surface area contributed by atoms with Crippen molar-refractivity contribution in [1.29, 1.82) is 0 Å². The average molecular weight is 209 g/mol. The largest absolute Gasteiger partial charge is 0.481 e. The highest BCUT2D eigenvalue weighted by Gasteiger charge is 2.12. The number of rotatable bonds is 4. The highest BCUT2D eigenvalue weighted by Crippen LogP contribution is 2.19. The van der Waals surface area contributed by atoms with E-state index in [1.807, 2.05) is 6.92 Å². The van der Waals surface area contributed by atoms with Crippen LogP contribution in [0.4, 0.5) is 0 Å². The molecule has 84 valence electrons. The summed E-state index contributed by atoms with van der Waals surface area (Å²) in [6.07, 6.45) is 0.916. The van der Waals surface area contributed by atoms with Gasteiger partial charge in [0.2, 0.25) is 5.88 Å². The zero-order chi connectivity index (χ0) is 11.4. The molecular formula is C11H19N3O. The number of nitrogens with two attached hydrogens (primary N) is 1. The molecule has 0 amide bonds. The minimum Gasteiger partial charge on any atom is -0.481 e. The molecule has 0 aliphatic rings. The Labute approximate surface area is 90.9 Å². The molecule has 1 rings (SSSR count). The van der Waals surface area contributed by atoms with Gasteiger partial charge < -0.3 is 10.5 Å². The standard InChI is InChI=1S/C11H19N3O/c1-7(2)5-9(12)10-6-11(15-4)14-8(3)13-10/h6-7,9H,5,12H2,1-4H3. The van der Waals surface area contributed by atoms with Crippen LogP contribution in [-0.4, -0.2) is 17.1 Å². The van der Waals surface area contributed by atoms with Gasteiger partial charge in [0.15, 0.2) is 0 Å². The van der Waals surface area contributed by atoms with Gasteiger partial charge in [-0.2, -0.15) is 4.98 Å². The molecule has 1 aromatic heterocycles. The lowest BCUT2D eigenvalue weighted by Crippen LogP contribution is -2.15. The first-order valence-electron chi connectivity index (χ1n) is 5.18. The normalized spacial score (nSPS) is 12.9. The van der Waals surface area contributed by atoms with Gasteiger partial charge in [0.05, 0.1) is 12.8 Å². The van der Waals surface area contributed by atoms with Crippen LogP contribution >= 0.6 is 0 Å². The monoisotopic (exact) mass is 209 g/mol. The second-order valence-electron chi connectivity index (χ2n) is 4.12. The van der Waals surface area contributed by atoms with E-state index < -0.39 is 0 Å². The van der Waals surface area contributed by atoms with E-state index >= 15 is 0 Å². The lowest BCUT2D eigenvalue weighted by molar-refractivity contribution is 0.392. The van der Waals surface area contributed by atoms with Gasteiger partial charge in [-0.05, 0) is 19.3 Å². The topological polar surface area (TPSA) is 61.0 Å². The Morgan fingerprint density at radius 1 is 1.40 bits per heavy atom. The highest BCUT2D eigenvalue weighted by molar-refractivity contribution is 5.18. The Morgan fingerprint density at radius 3 is 2.60 bits per heavy atom. The van der Waals surface area contributed by atoms with Crippen molar-refractivity contribution in [2.45, 2.75) is 33.2 Å². The molecular weight excluding hydrogens is 190 g/mol. The number of hydrogen-bond acceptors (Lipinski definition) is 4. The van der Waals surface area contributed by atoms with Crippen molar-refractivity contribution in [1.82, 2.24) is 9.97 Å². The van der Waals surface area contributed by atoms with Crippen LogP contribution in [0.2, 0.25) is 0 Å². The quantitative estimate of drug-likeness (QED) is 0.822. The van der Waals surface area contributed by atoms with Gasteiger partial charge in [-0.3, -0.25) is 0 Å². The predicted molar refractivity (Wildman–Crippen MR) is 59.7 cm³/mol. The van der Waals surface area contributed by atoms with E-state index in [0.717, 1.165) is 12.1 Å². The summed E-state index contributed by atoms with van der Waals surface area (Å²) in [5, 5.41) is 0. The van der Waals surface area contributed by atoms with Crippen LogP contribution in [0.5, 0.6) is 5.88 Å². The molecule has 2 N–H and O–H groups in total. The van der Waals surface area contributed by atoms with Crippen molar-refractivity contribution in [2.24, 2.45) is 11.7 Å². The molecule has 1 heterocycles. The summed E-state index contributed by atoms with van der Waals surface area (Å²) in [5.41, 5.74) is 6.90. The van der Waals surface area contributed by atoms with Crippen LogP contribution in [0.3, 0.4) is 0 Å². The molecule has 0 bridgehead atoms. The average Bonchev–Trinajstić information content (AvgIpc) is 2.15. The van der Waals surface area contributed by atoms with Gasteiger partial charge in [0.1, 0.15) is 5.82 Å². The van der Waals surface area contributed by atoms with Crippen molar-refractivity contribution in [2.75, 3.05) is 7.11 Å². The molecule has 15 heavy (non-hydrogen) atoms. The van der Waals surface area contributed by atoms with Crippen molar-refractivity contribution < 1.29 is 4.74 Å². The van der Waals surface area contributed by atoms with Crippen molar-refractivity contribution in [3.63, 3.8) is 0 Å². The summed E-state index contributed by atoms with van der Waals surface area (Å²) in [4.78, 5) is 8.44. The van der Waals surface area contributed by atoms with Crippen LogP contribution in [-0.2, 0) is 0 Å². The molecule has 0 saturated heterocycles. The maximum absolute atomic E-state index is 6.04. The van der Waals surface area contributed by atoms with E-state index in [1.165, 1.54) is 0 Å². The van der Waals surface area contributed by atoms with E-state index in [2.05, 4.69) is 23.8 Å². The number of aromatic nitrogens is 2. The van der Waals surface area contributed by atoms with Crippen molar-refractivity contribution in [3.8, 4) is 5.88 Å². The molecule has 0 spiro atoms. The van der Waals surface area contributed by atoms with E-state index in [-0.39, 0.29) is 6.04 Å². The Hall–Kier alpha value is -1.16. The summed E-state index contributed by atoms with van der Waals surface area (Å²) < 4.78 is 5.08. The van der Waals surface area contributed by atoms with E-state index in [4.69, 9.17) is 10.5 Å². The maximum Gasteiger partial charge on any atom is 0.216 e. The van der Waals surface area contributed by atoms with Gasteiger partial charge >= 0.3 is 0 Å². The highest BCUT2D eigenvalue weighted by atomic mass is 16.5. The third-order valence-electron chi connectivity index (χ3n) is 2.15. The molecule has 4 heteroatoms. The zero-order valence-electron chi connectivity index (χ0n) is 9.82. The molecule has 0 radical (unpaired) electrons. The number of aryl methyl sites for hydroxylation is 1. The number of ether oxygens (including phenoxy) is 1. The Balaban J connectivity index is 2.88. The molecule has 0 aromatic carbocycles. The molecule has 0 fully saturated rings. The van der Waals surface area contributed by atoms with Crippen LogP contribution in [0, 0.1) is 12.8 Å². The van der Waals surface area contributed by atoms with E-state index in [1.54, 1.807) is 13.2 Å². The molecule has 4 nitrogen and oxygen atoms in total. The summed E-state index contributed by atoms with van der Waals surface area (Å²) in [7, 11) is 1.60. The van der Waals surface area contributed by atoms with Crippen LogP contribution in [0.15, 0.2) is 6.07 Å². The summed E-state index contributed by atoms with van der Waals surface area (Å²) in [6.45, 7) is 6.13. The third-order valence-corrected chi connectivity index (χ3v) is 2.15. The van der Waals surface area contributed by atoms with E-state index in [9.17, 15) is 0 Å². The van der Waals surface area contributed by atoms with Gasteiger partial charge in [0, 0.05) is 12.1 Å². The molecule has 1 aromatic rings. The van der Waals surface area contributed by atoms with Gasteiger partial charge in [-0.1, -0.05) is 13.8 Å². The Kier molecular flexibility index (Phi) is 4.03. The van der Waals surface area contributed by atoms with Crippen LogP contribution in [0.1, 0.15) is 37.8 Å². The second kappa shape index (κ2) is 5.07. The zero-order valence-corrected chi connectivity index (χ0v) is 9.82. The second-order valence-corrected chi connectivity index (χ2v) is 4.12. The van der Waals surface area contributed by atoms with Crippen molar-refractivity contribution >= 4 is 0 Å². The number of hydrogen-bond donors (Lipinski definition) is 1. The fourth-order valence-electron chi connectivity index (χ4n) is 1.49. The van der Waals surface area contributed by atoms with Gasteiger partial charge in [-0.15, -0.1) is 0 Å². The maximum atomic E-state index is 6.04. The molecule has 0 saturated carbocycles. The smallest absolute Gasteiger partial charge is 0.216 e. The number of methoxy groups -OCH3 is 1. The summed E-state index contributed by atoms with van der Waals surface area (Å²) in [6, 6.07) is 1.76. The molecule has 0 aliphatic heterocycles. The lowest BCUT2D eigenvalue weighted by Gasteiger charge is -2.14. The van der Waals surface area contributed by atoms with Crippen LogP contribution < -0.4 is 10.5 Å². The van der Waals surface area contributed by atoms with Crippen molar-refractivity contribution in [3.05, 3.63) is 17.6 Å². The van der Waals surface area contributed by atoms with E-state index in [0.29, 0.717) is 17.6 Å². The Morgan fingerprint density at radius 2 is 2.07 bits per heavy atom. The van der Waals surface area contributed by atoms with Crippen LogP contribution in [0.25, 0.3) is 0 Å². The molecule has 0 aliphatic carbocycles. The number of nitrogens with zero attached hydrogens (tertiary/aromatic N) is 2. The van der Waals surface area contributed by atoms with Gasteiger partial charge in [0.25, 0.3) is 0 Å². The summed E-state index contributed by atoms with van der Waals surface area (Å²) in [5.74, 6) is 1.83. The Bertz CT molecular complexity index is 326. The fourth-order valence-corrected chi connectivity index (χ4v) is 1.49. The minimum atomic E-state index is -0.0411.